The monoisotopic (exact) mass is 336 g/mol. The summed E-state index contributed by atoms with van der Waals surface area (Å²) in [5.74, 6) is -0.414. The van der Waals surface area contributed by atoms with Gasteiger partial charge in [-0.2, -0.15) is 11.8 Å². The Morgan fingerprint density at radius 3 is 1.89 bits per heavy atom. The first-order valence-corrected chi connectivity index (χ1v) is 10.1. The van der Waals surface area contributed by atoms with E-state index in [-0.39, 0.29) is 6.42 Å². The van der Waals surface area contributed by atoms with Crippen LogP contribution >= 0.6 is 27.0 Å². The van der Waals surface area contributed by atoms with E-state index < -0.39 is 39.7 Å². The van der Waals surface area contributed by atoms with Crippen molar-refractivity contribution >= 4 is 32.9 Å². The molecule has 0 bridgehead atoms. The van der Waals surface area contributed by atoms with Gasteiger partial charge in [0.15, 0.2) is 0 Å². The molecule has 1 atom stereocenters. The Labute approximate surface area is 114 Å². The number of hydrogen-bond donors (Lipinski definition) is 5. The summed E-state index contributed by atoms with van der Waals surface area (Å²) in [5, 5.41) is 0. The Balaban J connectivity index is 5.09. The number of amides is 1. The van der Waals surface area contributed by atoms with Gasteiger partial charge in [0, 0.05) is 0 Å². The van der Waals surface area contributed by atoms with E-state index in [2.05, 4.69) is 0 Å². The van der Waals surface area contributed by atoms with Crippen LogP contribution in [0.5, 0.6) is 0 Å². The van der Waals surface area contributed by atoms with E-state index in [1.807, 2.05) is 0 Å². The zero-order valence-electron chi connectivity index (χ0n) is 10.2. The van der Waals surface area contributed by atoms with Crippen molar-refractivity contribution in [2.45, 2.75) is 12.5 Å². The van der Waals surface area contributed by atoms with E-state index in [9.17, 15) is 13.9 Å². The van der Waals surface area contributed by atoms with E-state index in [1.165, 1.54) is 11.8 Å². The maximum atomic E-state index is 11.3. The van der Waals surface area contributed by atoms with Gasteiger partial charge in [0.25, 0.3) is 0 Å². The molecule has 0 aromatic carbocycles. The van der Waals surface area contributed by atoms with Crippen LogP contribution < -0.4 is 5.73 Å². The molecular weight excluding hydrogens is 318 g/mol. The van der Waals surface area contributed by atoms with Crippen molar-refractivity contribution < 1.29 is 33.5 Å². The first kappa shape index (κ1) is 19.1. The lowest BCUT2D eigenvalue weighted by Gasteiger charge is -2.29. The molecule has 0 spiro atoms. The molecule has 0 saturated carbocycles. The number of nitrogens with zero attached hydrogens (tertiary/aromatic N) is 1. The second-order valence-electron chi connectivity index (χ2n) is 3.90. The SMILES string of the molecule is CSCCC(C(N)=O)N(CP(=O)(O)O)CP(=O)(O)O. The Hall–Kier alpha value is 0.0800. The lowest BCUT2D eigenvalue weighted by atomic mass is 10.2. The number of rotatable bonds is 9. The van der Waals surface area contributed by atoms with Crippen LogP contribution in [0.15, 0.2) is 0 Å². The zero-order valence-corrected chi connectivity index (χ0v) is 12.9. The van der Waals surface area contributed by atoms with Crippen molar-refractivity contribution in [2.75, 3.05) is 24.6 Å². The van der Waals surface area contributed by atoms with Gasteiger partial charge in [0.1, 0.15) is 12.6 Å². The van der Waals surface area contributed by atoms with Crippen LogP contribution in [-0.2, 0) is 13.9 Å². The standard InChI is InChI=1S/C7H18N2O7P2S/c1-19-3-2-6(7(8)10)9(4-17(11,12)13)5-18(14,15)16/h6H,2-5H2,1H3,(H2,8,10)(H2,11,12,13)(H2,14,15,16). The minimum Gasteiger partial charge on any atom is -0.368 e. The smallest absolute Gasteiger partial charge is 0.339 e. The molecular formula is C7H18N2O7P2S. The number of thioether (sulfide) groups is 1. The van der Waals surface area contributed by atoms with E-state index in [4.69, 9.17) is 25.3 Å². The van der Waals surface area contributed by atoms with E-state index in [1.54, 1.807) is 6.26 Å². The molecule has 0 saturated heterocycles. The third kappa shape index (κ3) is 9.59. The fraction of sp³-hybridized carbons (Fsp3) is 0.857. The predicted octanol–water partition coefficient (Wildman–Crippen LogP) is -0.834. The summed E-state index contributed by atoms with van der Waals surface area (Å²) in [6.07, 6.45) is 0.0467. The summed E-state index contributed by atoms with van der Waals surface area (Å²) in [6, 6.07) is -1.13. The highest BCUT2D eigenvalue weighted by atomic mass is 32.2. The molecule has 0 fully saturated rings. The molecule has 19 heavy (non-hydrogen) atoms. The van der Waals surface area contributed by atoms with Gasteiger partial charge in [-0.15, -0.1) is 0 Å². The van der Waals surface area contributed by atoms with Crippen molar-refractivity contribution in [2.24, 2.45) is 5.73 Å². The molecule has 0 rings (SSSR count). The first-order valence-electron chi connectivity index (χ1n) is 5.07. The molecule has 0 aliphatic carbocycles. The second kappa shape index (κ2) is 7.75. The first-order chi connectivity index (χ1) is 8.46. The van der Waals surface area contributed by atoms with Gasteiger partial charge in [-0.1, -0.05) is 0 Å². The fourth-order valence-electron chi connectivity index (χ4n) is 1.45. The number of hydrogen-bond acceptors (Lipinski definition) is 5. The zero-order chi connectivity index (χ0) is 15.3. The van der Waals surface area contributed by atoms with Gasteiger partial charge < -0.3 is 25.3 Å². The quantitative estimate of drug-likeness (QED) is 0.338. The average Bonchev–Trinajstić information content (AvgIpc) is 2.12. The summed E-state index contributed by atoms with van der Waals surface area (Å²) in [5.41, 5.74) is 5.12. The average molecular weight is 336 g/mol. The minimum absolute atomic E-state index is 0.149. The lowest BCUT2D eigenvalue weighted by molar-refractivity contribution is -0.122. The van der Waals surface area contributed by atoms with Gasteiger partial charge in [0.05, 0.1) is 6.04 Å². The second-order valence-corrected chi connectivity index (χ2v) is 8.11. The molecule has 0 aromatic heterocycles. The highest BCUT2D eigenvalue weighted by Gasteiger charge is 2.33. The molecule has 114 valence electrons. The summed E-state index contributed by atoms with van der Waals surface area (Å²) in [7, 11) is -9.13. The minimum atomic E-state index is -4.57. The van der Waals surface area contributed by atoms with E-state index in [0.717, 1.165) is 4.90 Å². The van der Waals surface area contributed by atoms with Crippen LogP contribution in [0.1, 0.15) is 6.42 Å². The summed E-state index contributed by atoms with van der Waals surface area (Å²) in [6.45, 7) is 0. The topological polar surface area (TPSA) is 161 Å². The van der Waals surface area contributed by atoms with Crippen molar-refractivity contribution in [1.29, 1.82) is 0 Å². The third-order valence-corrected chi connectivity index (χ3v) is 4.20. The molecule has 0 heterocycles. The molecule has 9 nitrogen and oxygen atoms in total. The Morgan fingerprint density at radius 1 is 1.21 bits per heavy atom. The van der Waals surface area contributed by atoms with Crippen LogP contribution in [0.2, 0.25) is 0 Å². The molecule has 1 unspecified atom stereocenters. The maximum absolute atomic E-state index is 11.3. The number of carbonyl (C=O) groups excluding carboxylic acids is 1. The Bertz CT molecular complexity index is 371. The van der Waals surface area contributed by atoms with Crippen molar-refractivity contribution in [3.05, 3.63) is 0 Å². The lowest BCUT2D eigenvalue weighted by Crippen LogP contribution is -2.45. The normalized spacial score (nSPS) is 14.6. The number of primary amides is 1. The highest BCUT2D eigenvalue weighted by molar-refractivity contribution is 7.98. The number of nitrogens with two attached hydrogens (primary N) is 1. The van der Waals surface area contributed by atoms with Crippen LogP contribution in [0.25, 0.3) is 0 Å². The molecule has 6 N–H and O–H groups in total. The van der Waals surface area contributed by atoms with E-state index in [0.29, 0.717) is 5.75 Å². The van der Waals surface area contributed by atoms with Gasteiger partial charge in [0.2, 0.25) is 5.91 Å². The highest BCUT2D eigenvalue weighted by Crippen LogP contribution is 2.41. The molecule has 0 aliphatic rings. The van der Waals surface area contributed by atoms with Crippen LogP contribution in [0.3, 0.4) is 0 Å². The fourth-order valence-corrected chi connectivity index (χ4v) is 3.61. The summed E-state index contributed by atoms with van der Waals surface area (Å²) >= 11 is 1.38. The van der Waals surface area contributed by atoms with Gasteiger partial charge in [-0.25, -0.2) is 0 Å². The maximum Gasteiger partial charge on any atom is 0.339 e. The van der Waals surface area contributed by atoms with E-state index >= 15 is 0 Å². The Morgan fingerprint density at radius 2 is 1.63 bits per heavy atom. The largest absolute Gasteiger partial charge is 0.368 e. The van der Waals surface area contributed by atoms with Crippen molar-refractivity contribution in [1.82, 2.24) is 4.90 Å². The third-order valence-electron chi connectivity index (χ3n) is 2.10. The molecule has 0 aromatic rings. The van der Waals surface area contributed by atoms with Gasteiger partial charge >= 0.3 is 15.2 Å². The molecule has 12 heteroatoms. The van der Waals surface area contributed by atoms with Crippen LogP contribution in [0, 0.1) is 0 Å². The van der Waals surface area contributed by atoms with Gasteiger partial charge in [-0.05, 0) is 18.4 Å². The summed E-state index contributed by atoms with van der Waals surface area (Å²) < 4.78 is 21.9. The number of carbonyl (C=O) groups is 1. The van der Waals surface area contributed by atoms with Crippen molar-refractivity contribution in [3.63, 3.8) is 0 Å². The molecule has 0 aliphatic heterocycles. The van der Waals surface area contributed by atoms with Crippen molar-refractivity contribution in [3.8, 4) is 0 Å². The molecule has 1 amide bonds. The van der Waals surface area contributed by atoms with Gasteiger partial charge in [-0.3, -0.25) is 18.8 Å². The molecule has 0 radical (unpaired) electrons. The van der Waals surface area contributed by atoms with Crippen LogP contribution in [-0.4, -0.2) is 61.0 Å². The summed E-state index contributed by atoms with van der Waals surface area (Å²) in [4.78, 5) is 47.6. The van der Waals surface area contributed by atoms with Crippen LogP contribution in [0.4, 0.5) is 0 Å². The predicted molar refractivity (Wildman–Crippen MR) is 71.6 cm³/mol. The Kier molecular flexibility index (Phi) is 7.79.